The summed E-state index contributed by atoms with van der Waals surface area (Å²) in [5, 5.41) is 17.2. The van der Waals surface area contributed by atoms with Crippen molar-refractivity contribution in [1.82, 2.24) is 42.3 Å². The number of alkyl halides is 11. The number of nitrogens with one attached hydrogen (secondary N) is 7. The summed E-state index contributed by atoms with van der Waals surface area (Å²) in [6.07, 6.45) is -42.8. The van der Waals surface area contributed by atoms with Crippen LogP contribution in [0, 0.1) is 47.3 Å². The molecule has 4 aliphatic carbocycles. The van der Waals surface area contributed by atoms with Gasteiger partial charge in [-0.2, -0.15) is 8.42 Å². The Balaban J connectivity index is 1.16. The molecule has 9 aliphatic rings. The Hall–Kier alpha value is -1.25. The molecule has 56 heavy (non-hydrogen) atoms. The van der Waals surface area contributed by atoms with Gasteiger partial charge in [0.25, 0.3) is 10.1 Å². The van der Waals surface area contributed by atoms with Gasteiger partial charge >= 0.3 is 0 Å². The Morgan fingerprint density at radius 2 is 0.714 bits per heavy atom. The summed E-state index contributed by atoms with van der Waals surface area (Å²) < 4.78 is 223. The second-order valence-corrected chi connectivity index (χ2v) is 18.8. The van der Waals surface area contributed by atoms with Crippen molar-refractivity contribution >= 4 is 10.1 Å². The summed E-state index contributed by atoms with van der Waals surface area (Å²) in [7, 11) is -5.46. The molecule has 0 aromatic heterocycles. The third kappa shape index (κ3) is 5.82. The molecule has 320 valence electrons. The highest BCUT2D eigenvalue weighted by Gasteiger charge is 2.69. The lowest BCUT2D eigenvalue weighted by atomic mass is 9.73. The Kier molecular flexibility index (Phi) is 10.2. The summed E-state index contributed by atoms with van der Waals surface area (Å²) >= 11 is 0. The summed E-state index contributed by atoms with van der Waals surface area (Å²) in [6.45, 7) is 0. The van der Waals surface area contributed by atoms with E-state index in [1.54, 1.807) is 0 Å². The van der Waals surface area contributed by atoms with Crippen molar-refractivity contribution in [3.05, 3.63) is 0 Å². The largest absolute Gasteiger partial charge is 0.286 e. The molecule has 0 aromatic carbocycles. The van der Waals surface area contributed by atoms with Gasteiger partial charge in [-0.1, -0.05) is 12.8 Å². The molecular weight excluding hydrogens is 804 g/mol. The summed E-state index contributed by atoms with van der Waals surface area (Å²) in [5.74, 6) is -12.3. The fourth-order valence-corrected chi connectivity index (χ4v) is 13.5. The van der Waals surface area contributed by atoms with Crippen LogP contribution in [-0.4, -0.2) is 141 Å². The molecular formula is C32H44F12N8O3S. The van der Waals surface area contributed by atoms with Gasteiger partial charge in [-0.3, -0.25) is 41.8 Å². The predicted molar refractivity (Wildman–Crippen MR) is 171 cm³/mol. The number of rotatable bonds is 1. The van der Waals surface area contributed by atoms with E-state index in [1.807, 2.05) is 0 Å². The topological polar surface area (TPSA) is 142 Å². The average Bonchev–Trinajstić information content (AvgIpc) is 3.87. The van der Waals surface area contributed by atoms with Crippen LogP contribution in [0.5, 0.6) is 0 Å². The Morgan fingerprint density at radius 3 is 1.16 bits per heavy atom. The molecule has 0 radical (unpaired) electrons. The summed E-state index contributed by atoms with van der Waals surface area (Å²) in [5.41, 5.74) is 0. The van der Waals surface area contributed by atoms with Gasteiger partial charge in [0.15, 0.2) is 37.0 Å². The number of halogens is 12. The average molecular weight is 849 g/mol. The molecule has 5 heterocycles. The second kappa shape index (κ2) is 14.2. The van der Waals surface area contributed by atoms with E-state index < -0.39 is 180 Å². The number of hydrogen-bond donors (Lipinski definition) is 8. The first-order chi connectivity index (χ1) is 26.4. The van der Waals surface area contributed by atoms with Crippen LogP contribution in [0.2, 0.25) is 0 Å². The van der Waals surface area contributed by atoms with E-state index in [4.69, 9.17) is 0 Å². The highest BCUT2D eigenvalue weighted by molar-refractivity contribution is 7.86. The van der Waals surface area contributed by atoms with Crippen molar-refractivity contribution in [3.63, 3.8) is 0 Å². The molecule has 0 amide bonds. The first kappa shape index (κ1) is 40.2. The first-order valence-electron chi connectivity index (χ1n) is 19.2. The van der Waals surface area contributed by atoms with E-state index in [9.17, 15) is 13.0 Å². The maximum atomic E-state index is 16.8. The lowest BCUT2D eigenvalue weighted by Gasteiger charge is -2.43. The van der Waals surface area contributed by atoms with E-state index >= 15 is 52.8 Å². The standard InChI is InChI=1S/C32H44F12N8O3S/c33-13-7-8(14(34)19(39)18(13)38)29-48-27(7)47-28-9-12(24(56(53,54)55)23(43)22(42)15(9)35)30(49-28)46-25-5-3-1-2-4-6(5)26(45-25)50-31-10-11(32(51-29)52(31)44)17(37)21(41)20(40)16(10)36/h5-32,45-51H,1-4H2,(H,53,54,55). The van der Waals surface area contributed by atoms with Crippen molar-refractivity contribution in [3.8, 4) is 0 Å². The first-order valence-corrected chi connectivity index (χ1v) is 20.7. The minimum Gasteiger partial charge on any atom is -0.286 e. The van der Waals surface area contributed by atoms with Crippen LogP contribution in [-0.2, 0) is 10.1 Å². The molecule has 24 heteroatoms. The lowest BCUT2D eigenvalue weighted by molar-refractivity contribution is -0.0965. The van der Waals surface area contributed by atoms with Gasteiger partial charge in [0.2, 0.25) is 0 Å². The number of nitrogens with zero attached hydrogens (tertiary/aromatic N) is 1. The summed E-state index contributed by atoms with van der Waals surface area (Å²) in [4.78, 5) is 0. The SMILES string of the molecule is O=S(=O)(O)C1C(F)C(F)C(F)C2C3NC4NC(NC5C6C(F)C(F)C(F)C(F)C6C(NC6NC(NC(N3)C21)C1CCCCC61)N5F)C1C(F)C(F)C(F)C(F)C41. The van der Waals surface area contributed by atoms with Gasteiger partial charge in [-0.25, -0.2) is 48.3 Å². The zero-order chi connectivity index (χ0) is 40.0. The maximum absolute atomic E-state index is 16.8. The third-order valence-corrected chi connectivity index (χ3v) is 15.9. The minimum atomic E-state index is -5.46. The molecule has 0 aromatic rings. The van der Waals surface area contributed by atoms with Gasteiger partial charge in [0.1, 0.15) is 36.1 Å². The fraction of sp³-hybridized carbons (Fsp3) is 1.00. The molecule has 5 saturated heterocycles. The van der Waals surface area contributed by atoms with Crippen LogP contribution in [0.3, 0.4) is 0 Å². The zero-order valence-electron chi connectivity index (χ0n) is 29.1. The normalized spacial score (nSPS) is 61.3. The van der Waals surface area contributed by atoms with E-state index in [1.165, 1.54) is 0 Å². The van der Waals surface area contributed by atoms with Crippen LogP contribution in [0.1, 0.15) is 25.7 Å². The van der Waals surface area contributed by atoms with Gasteiger partial charge in [0, 0.05) is 35.5 Å². The molecule has 4 saturated carbocycles. The summed E-state index contributed by atoms with van der Waals surface area (Å²) in [6, 6.07) is 0. The van der Waals surface area contributed by atoms with E-state index in [-0.39, 0.29) is 5.12 Å². The number of hydrogen-bond acceptors (Lipinski definition) is 10. The molecule has 9 rings (SSSR count). The molecule has 28 atom stereocenters. The second-order valence-electron chi connectivity index (χ2n) is 17.2. The third-order valence-electron chi connectivity index (χ3n) is 14.7. The quantitative estimate of drug-likeness (QED) is 0.111. The Labute approximate surface area is 313 Å². The Bertz CT molecular complexity index is 1610. The van der Waals surface area contributed by atoms with Gasteiger partial charge < -0.3 is 0 Å². The minimum absolute atomic E-state index is 0.107. The molecule has 8 N–H and O–H groups in total. The van der Waals surface area contributed by atoms with Crippen molar-refractivity contribution in [2.75, 3.05) is 0 Å². The van der Waals surface area contributed by atoms with Crippen molar-refractivity contribution in [2.24, 2.45) is 47.3 Å². The van der Waals surface area contributed by atoms with E-state index in [0.29, 0.717) is 25.7 Å². The molecule has 28 unspecified atom stereocenters. The monoisotopic (exact) mass is 848 g/mol. The Morgan fingerprint density at radius 1 is 0.411 bits per heavy atom. The highest BCUT2D eigenvalue weighted by Crippen LogP contribution is 2.52. The van der Waals surface area contributed by atoms with Crippen LogP contribution in [0.15, 0.2) is 0 Å². The van der Waals surface area contributed by atoms with Crippen molar-refractivity contribution < 1.29 is 65.7 Å². The molecule has 0 spiro atoms. The van der Waals surface area contributed by atoms with Crippen LogP contribution in [0.4, 0.5) is 52.8 Å². The fourth-order valence-electron chi connectivity index (χ4n) is 12.3. The van der Waals surface area contributed by atoms with Gasteiger partial charge in [-0.15, -0.1) is 9.60 Å². The van der Waals surface area contributed by atoms with E-state index in [2.05, 4.69) is 37.2 Å². The molecule has 9 fully saturated rings. The number of fused-ring (bicyclic) bond motifs is 20. The van der Waals surface area contributed by atoms with E-state index in [0.717, 1.165) is 0 Å². The lowest BCUT2D eigenvalue weighted by Crippen LogP contribution is -2.63. The zero-order valence-corrected chi connectivity index (χ0v) is 30.0. The molecule has 8 bridgehead atoms. The van der Waals surface area contributed by atoms with Crippen molar-refractivity contribution in [1.29, 1.82) is 0 Å². The van der Waals surface area contributed by atoms with Crippen LogP contribution < -0.4 is 37.2 Å². The van der Waals surface area contributed by atoms with Crippen LogP contribution in [0.25, 0.3) is 0 Å². The van der Waals surface area contributed by atoms with Gasteiger partial charge in [0.05, 0.1) is 49.3 Å². The van der Waals surface area contributed by atoms with Gasteiger partial charge in [-0.05, 0) is 24.7 Å². The maximum Gasteiger partial charge on any atom is 0.271 e. The van der Waals surface area contributed by atoms with Crippen molar-refractivity contribution in [2.45, 2.75) is 148 Å². The highest BCUT2D eigenvalue weighted by atomic mass is 32.2. The molecule has 5 aliphatic heterocycles. The molecule has 11 nitrogen and oxygen atoms in total. The predicted octanol–water partition coefficient (Wildman–Crippen LogP) is 1.50. The smallest absolute Gasteiger partial charge is 0.271 e. The van der Waals surface area contributed by atoms with Crippen LogP contribution >= 0.6 is 0 Å².